The molecule has 20 heavy (non-hydrogen) atoms. The summed E-state index contributed by atoms with van der Waals surface area (Å²) in [5.74, 6) is 2.57. The van der Waals surface area contributed by atoms with Gasteiger partial charge in [-0.3, -0.25) is 0 Å². The van der Waals surface area contributed by atoms with E-state index in [1.54, 1.807) is 0 Å². The lowest BCUT2D eigenvalue weighted by Crippen LogP contribution is -2.36. The molecular formula is C16H28N4. The van der Waals surface area contributed by atoms with E-state index in [4.69, 9.17) is 4.98 Å². The monoisotopic (exact) mass is 276 g/mol. The summed E-state index contributed by atoms with van der Waals surface area (Å²) in [5.41, 5.74) is 1.18. The van der Waals surface area contributed by atoms with Crippen molar-refractivity contribution in [3.05, 3.63) is 11.8 Å². The van der Waals surface area contributed by atoms with Crippen molar-refractivity contribution in [2.75, 3.05) is 23.8 Å². The van der Waals surface area contributed by atoms with Gasteiger partial charge < -0.3 is 10.2 Å². The molecule has 1 aromatic heterocycles. The predicted octanol–water partition coefficient (Wildman–Crippen LogP) is 3.62. The number of hydrogen-bond donors (Lipinski definition) is 1. The highest BCUT2D eigenvalue weighted by Crippen LogP contribution is 2.30. The molecule has 0 bridgehead atoms. The van der Waals surface area contributed by atoms with Crippen molar-refractivity contribution < 1.29 is 0 Å². The van der Waals surface area contributed by atoms with Crippen LogP contribution in [-0.4, -0.2) is 29.6 Å². The highest BCUT2D eigenvalue weighted by molar-refractivity contribution is 5.49. The van der Waals surface area contributed by atoms with Crippen LogP contribution in [0, 0.1) is 12.8 Å². The molecule has 0 radical (unpaired) electrons. The number of nitrogens with one attached hydrogen (secondary N) is 1. The largest absolute Gasteiger partial charge is 0.357 e. The lowest BCUT2D eigenvalue weighted by atomic mass is 10.1. The summed E-state index contributed by atoms with van der Waals surface area (Å²) >= 11 is 0. The minimum absolute atomic E-state index is 0.659. The van der Waals surface area contributed by atoms with Crippen LogP contribution < -0.4 is 10.2 Å². The third-order valence-corrected chi connectivity index (χ3v) is 4.15. The average molecular weight is 276 g/mol. The van der Waals surface area contributed by atoms with E-state index in [0.29, 0.717) is 6.04 Å². The third kappa shape index (κ3) is 3.62. The van der Waals surface area contributed by atoms with Gasteiger partial charge in [-0.2, -0.15) is 4.98 Å². The number of aryl methyl sites for hydroxylation is 1. The van der Waals surface area contributed by atoms with Crippen LogP contribution in [0.15, 0.2) is 6.20 Å². The molecule has 4 heteroatoms. The number of hydrogen-bond acceptors (Lipinski definition) is 4. The zero-order valence-corrected chi connectivity index (χ0v) is 13.3. The van der Waals surface area contributed by atoms with E-state index in [9.17, 15) is 0 Å². The Balaban J connectivity index is 2.24. The molecule has 0 aromatic carbocycles. The van der Waals surface area contributed by atoms with E-state index in [1.165, 1.54) is 37.7 Å². The second-order valence-corrected chi connectivity index (χ2v) is 6.26. The van der Waals surface area contributed by atoms with Crippen molar-refractivity contribution in [3.63, 3.8) is 0 Å². The van der Waals surface area contributed by atoms with E-state index in [0.717, 1.165) is 24.2 Å². The summed E-state index contributed by atoms with van der Waals surface area (Å²) in [5, 5.41) is 3.06. The summed E-state index contributed by atoms with van der Waals surface area (Å²) in [6.45, 7) is 7.80. The van der Waals surface area contributed by atoms with E-state index in [1.807, 2.05) is 13.2 Å². The van der Waals surface area contributed by atoms with Gasteiger partial charge in [-0.1, -0.05) is 26.7 Å². The molecule has 0 atom stereocenters. The second kappa shape index (κ2) is 6.91. The Morgan fingerprint density at radius 1 is 1.35 bits per heavy atom. The van der Waals surface area contributed by atoms with Gasteiger partial charge in [-0.25, -0.2) is 4.98 Å². The molecule has 0 aliphatic heterocycles. The summed E-state index contributed by atoms with van der Waals surface area (Å²) < 4.78 is 0. The van der Waals surface area contributed by atoms with Crippen LogP contribution in [-0.2, 0) is 0 Å². The van der Waals surface area contributed by atoms with Crippen LogP contribution in [0.1, 0.15) is 51.5 Å². The molecule has 1 heterocycles. The molecule has 0 amide bonds. The summed E-state index contributed by atoms with van der Waals surface area (Å²) in [6, 6.07) is 0.659. The normalized spacial score (nSPS) is 15.8. The Bertz CT molecular complexity index is 424. The van der Waals surface area contributed by atoms with Crippen LogP contribution >= 0.6 is 0 Å². The third-order valence-electron chi connectivity index (χ3n) is 4.15. The van der Waals surface area contributed by atoms with Gasteiger partial charge in [0, 0.05) is 31.4 Å². The first-order valence-electron chi connectivity index (χ1n) is 7.90. The number of anilines is 2. The first-order chi connectivity index (χ1) is 9.61. The first-order valence-corrected chi connectivity index (χ1v) is 7.90. The van der Waals surface area contributed by atoms with Crippen molar-refractivity contribution in [2.24, 2.45) is 5.92 Å². The van der Waals surface area contributed by atoms with Crippen LogP contribution in [0.5, 0.6) is 0 Å². The van der Waals surface area contributed by atoms with Gasteiger partial charge in [0.1, 0.15) is 5.82 Å². The van der Waals surface area contributed by atoms with Crippen LogP contribution in [0.2, 0.25) is 0 Å². The predicted molar refractivity (Wildman–Crippen MR) is 85.4 cm³/mol. The van der Waals surface area contributed by atoms with Crippen LogP contribution in [0.4, 0.5) is 11.8 Å². The topological polar surface area (TPSA) is 41.1 Å². The smallest absolute Gasteiger partial charge is 0.224 e. The number of rotatable bonds is 6. The van der Waals surface area contributed by atoms with Gasteiger partial charge in [0.2, 0.25) is 5.95 Å². The van der Waals surface area contributed by atoms with Crippen molar-refractivity contribution >= 4 is 11.8 Å². The Kier molecular flexibility index (Phi) is 5.21. The zero-order valence-electron chi connectivity index (χ0n) is 13.3. The average Bonchev–Trinajstić information content (AvgIpc) is 2.94. The van der Waals surface area contributed by atoms with Gasteiger partial charge >= 0.3 is 0 Å². The lowest BCUT2D eigenvalue weighted by molar-refractivity contribution is 0.524. The second-order valence-electron chi connectivity index (χ2n) is 6.26. The molecule has 4 nitrogen and oxygen atoms in total. The Hall–Kier alpha value is -1.32. The lowest BCUT2D eigenvalue weighted by Gasteiger charge is -2.32. The molecule has 1 aromatic rings. The van der Waals surface area contributed by atoms with Crippen LogP contribution in [0.3, 0.4) is 0 Å². The fourth-order valence-corrected chi connectivity index (χ4v) is 2.92. The van der Waals surface area contributed by atoms with Crippen molar-refractivity contribution in [3.8, 4) is 0 Å². The fourth-order valence-electron chi connectivity index (χ4n) is 2.92. The quantitative estimate of drug-likeness (QED) is 0.861. The molecule has 1 saturated carbocycles. The minimum atomic E-state index is 0.659. The Labute approximate surface area is 123 Å². The van der Waals surface area contributed by atoms with Gasteiger partial charge in [0.25, 0.3) is 0 Å². The highest BCUT2D eigenvalue weighted by atomic mass is 15.2. The zero-order chi connectivity index (χ0) is 14.5. The molecular weight excluding hydrogens is 248 g/mol. The van der Waals surface area contributed by atoms with Crippen molar-refractivity contribution in [2.45, 2.75) is 58.9 Å². The Morgan fingerprint density at radius 2 is 2.05 bits per heavy atom. The SMILES string of the molecule is CNc1ncc(C)c(N(CCC(C)C)C2CCCC2)n1. The first kappa shape index (κ1) is 15.1. The van der Waals surface area contributed by atoms with Gasteiger partial charge in [-0.05, 0) is 32.1 Å². The summed E-state index contributed by atoms with van der Waals surface area (Å²) in [6.07, 6.45) is 8.46. The van der Waals surface area contributed by atoms with Gasteiger partial charge in [0.15, 0.2) is 0 Å². The molecule has 1 N–H and O–H groups in total. The van der Waals surface area contributed by atoms with E-state index < -0.39 is 0 Å². The molecule has 1 aliphatic rings. The molecule has 1 fully saturated rings. The van der Waals surface area contributed by atoms with Crippen LogP contribution in [0.25, 0.3) is 0 Å². The molecule has 0 spiro atoms. The molecule has 2 rings (SSSR count). The highest BCUT2D eigenvalue weighted by Gasteiger charge is 2.25. The maximum absolute atomic E-state index is 4.72. The van der Waals surface area contributed by atoms with Crippen molar-refractivity contribution in [1.82, 2.24) is 9.97 Å². The van der Waals surface area contributed by atoms with Gasteiger partial charge in [-0.15, -0.1) is 0 Å². The molecule has 112 valence electrons. The fraction of sp³-hybridized carbons (Fsp3) is 0.750. The maximum atomic E-state index is 4.72. The minimum Gasteiger partial charge on any atom is -0.357 e. The van der Waals surface area contributed by atoms with E-state index >= 15 is 0 Å². The molecule has 0 unspecified atom stereocenters. The summed E-state index contributed by atoms with van der Waals surface area (Å²) in [7, 11) is 1.88. The van der Waals surface area contributed by atoms with Crippen molar-refractivity contribution in [1.29, 1.82) is 0 Å². The molecule has 1 aliphatic carbocycles. The Morgan fingerprint density at radius 3 is 2.65 bits per heavy atom. The maximum Gasteiger partial charge on any atom is 0.224 e. The van der Waals surface area contributed by atoms with E-state index in [2.05, 4.69) is 36.0 Å². The van der Waals surface area contributed by atoms with Gasteiger partial charge in [0.05, 0.1) is 0 Å². The number of aromatic nitrogens is 2. The van der Waals surface area contributed by atoms with E-state index in [-0.39, 0.29) is 0 Å². The molecule has 0 saturated heterocycles. The number of nitrogens with zero attached hydrogens (tertiary/aromatic N) is 3. The standard InChI is InChI=1S/C16H28N4/c1-12(2)9-10-20(14-7-5-6-8-14)15-13(3)11-18-16(17-4)19-15/h11-12,14H,5-10H2,1-4H3,(H,17,18,19). The summed E-state index contributed by atoms with van der Waals surface area (Å²) in [4.78, 5) is 11.6.